The van der Waals surface area contributed by atoms with E-state index < -0.39 is 0 Å². The lowest BCUT2D eigenvalue weighted by Gasteiger charge is -2.17. The first-order valence-electron chi connectivity index (χ1n) is 8.52. The van der Waals surface area contributed by atoms with E-state index in [2.05, 4.69) is 24.1 Å². The largest absolute Gasteiger partial charge is 0.463 e. The van der Waals surface area contributed by atoms with E-state index in [9.17, 15) is 4.79 Å². The van der Waals surface area contributed by atoms with Crippen molar-refractivity contribution in [3.63, 3.8) is 0 Å². The van der Waals surface area contributed by atoms with E-state index in [1.807, 2.05) is 12.1 Å². The van der Waals surface area contributed by atoms with Crippen LogP contribution in [0.2, 0.25) is 0 Å². The zero-order valence-corrected chi connectivity index (χ0v) is 14.8. The van der Waals surface area contributed by atoms with Crippen molar-refractivity contribution in [2.75, 3.05) is 0 Å². The molecule has 0 aliphatic heterocycles. The van der Waals surface area contributed by atoms with E-state index in [-0.39, 0.29) is 11.6 Å². The summed E-state index contributed by atoms with van der Waals surface area (Å²) in [6.07, 6.45) is 4.91. The second kappa shape index (κ2) is 6.18. The molecule has 0 bridgehead atoms. The summed E-state index contributed by atoms with van der Waals surface area (Å²) >= 11 is 1.70. The molecule has 6 heteroatoms. The van der Waals surface area contributed by atoms with E-state index >= 15 is 0 Å². The van der Waals surface area contributed by atoms with Crippen LogP contribution in [-0.4, -0.2) is 9.97 Å². The summed E-state index contributed by atoms with van der Waals surface area (Å²) in [4.78, 5) is 22.7. The lowest BCUT2D eigenvalue weighted by molar-refractivity contribution is -0.710. The number of rotatable bonds is 4. The Balaban J connectivity index is 1.64. The summed E-state index contributed by atoms with van der Waals surface area (Å²) in [6.45, 7) is 5.07. The molecule has 0 fully saturated rings. The van der Waals surface area contributed by atoms with Gasteiger partial charge in [-0.1, -0.05) is 6.92 Å². The molecule has 2 atom stereocenters. The molecule has 0 spiro atoms. The van der Waals surface area contributed by atoms with E-state index in [0.29, 0.717) is 5.92 Å². The Morgan fingerprint density at radius 1 is 1.54 bits per heavy atom. The van der Waals surface area contributed by atoms with Crippen LogP contribution < -0.4 is 10.9 Å². The number of aromatic amines is 1. The highest BCUT2D eigenvalue weighted by Gasteiger charge is 2.24. The molecule has 1 aliphatic carbocycles. The first-order valence-corrected chi connectivity index (χ1v) is 9.33. The van der Waals surface area contributed by atoms with Crippen LogP contribution in [0.15, 0.2) is 27.6 Å². The standard InChI is InChI=1S/C18H21N3O2S/c1-10-5-6-13-14(8-10)24-18-15(13)17(22)20-16(21-18)11(2)19-9-12-4-3-7-23-12/h3-4,7,10-11,19H,5-6,8-9H2,1-2H3,(H,20,21,22)/p+1/t10-,11+/m1/s1. The van der Waals surface area contributed by atoms with Crippen molar-refractivity contribution in [3.05, 3.63) is 50.8 Å². The number of aromatic nitrogens is 2. The van der Waals surface area contributed by atoms with E-state index in [0.717, 1.165) is 47.6 Å². The van der Waals surface area contributed by atoms with Gasteiger partial charge in [-0.2, -0.15) is 0 Å². The van der Waals surface area contributed by atoms with Crippen molar-refractivity contribution in [1.29, 1.82) is 0 Å². The third kappa shape index (κ3) is 2.80. The van der Waals surface area contributed by atoms with Gasteiger partial charge in [0.05, 0.1) is 11.6 Å². The van der Waals surface area contributed by atoms with Gasteiger partial charge >= 0.3 is 0 Å². The van der Waals surface area contributed by atoms with E-state index in [1.165, 1.54) is 10.4 Å². The van der Waals surface area contributed by atoms with Gasteiger partial charge in [0.25, 0.3) is 5.56 Å². The topological polar surface area (TPSA) is 75.5 Å². The third-order valence-corrected chi connectivity index (χ3v) is 6.02. The molecule has 3 aromatic heterocycles. The van der Waals surface area contributed by atoms with E-state index in [1.54, 1.807) is 17.6 Å². The van der Waals surface area contributed by atoms with Gasteiger partial charge in [0.2, 0.25) is 0 Å². The molecule has 3 aromatic rings. The lowest BCUT2D eigenvalue weighted by Crippen LogP contribution is -2.83. The van der Waals surface area contributed by atoms with Crippen molar-refractivity contribution >= 4 is 21.6 Å². The molecule has 5 nitrogen and oxygen atoms in total. The van der Waals surface area contributed by atoms with Crippen molar-refractivity contribution < 1.29 is 9.73 Å². The molecule has 3 heterocycles. The summed E-state index contributed by atoms with van der Waals surface area (Å²) in [5.74, 6) is 2.36. The van der Waals surface area contributed by atoms with Crippen molar-refractivity contribution in [3.8, 4) is 0 Å². The highest BCUT2D eigenvalue weighted by Crippen LogP contribution is 2.35. The van der Waals surface area contributed by atoms with Crippen molar-refractivity contribution in [2.24, 2.45) is 5.92 Å². The number of furan rings is 1. The fraction of sp³-hybridized carbons (Fsp3) is 0.444. The zero-order chi connectivity index (χ0) is 16.7. The number of nitrogens with zero attached hydrogens (tertiary/aromatic N) is 1. The van der Waals surface area contributed by atoms with Gasteiger partial charge in [-0.15, -0.1) is 11.3 Å². The predicted molar refractivity (Wildman–Crippen MR) is 94.2 cm³/mol. The number of nitrogens with one attached hydrogen (secondary N) is 1. The highest BCUT2D eigenvalue weighted by molar-refractivity contribution is 7.18. The summed E-state index contributed by atoms with van der Waals surface area (Å²) in [6, 6.07) is 3.92. The molecule has 1 aliphatic rings. The molecular formula is C18H22N3O2S+. The Morgan fingerprint density at radius 3 is 3.21 bits per heavy atom. The van der Waals surface area contributed by atoms with Gasteiger partial charge in [-0.3, -0.25) is 4.79 Å². The van der Waals surface area contributed by atoms with Crippen LogP contribution in [0, 0.1) is 5.92 Å². The zero-order valence-electron chi connectivity index (χ0n) is 14.0. The minimum atomic E-state index is 0.0142. The fourth-order valence-electron chi connectivity index (χ4n) is 3.41. The second-order valence-corrected chi connectivity index (χ2v) is 7.87. The molecular weight excluding hydrogens is 322 g/mol. The van der Waals surface area contributed by atoms with Gasteiger partial charge in [0.1, 0.15) is 17.4 Å². The second-order valence-electron chi connectivity index (χ2n) is 6.79. The third-order valence-electron chi connectivity index (χ3n) is 4.87. The molecule has 0 saturated heterocycles. The van der Waals surface area contributed by atoms with Crippen LogP contribution in [-0.2, 0) is 19.4 Å². The summed E-state index contributed by atoms with van der Waals surface area (Å²) in [7, 11) is 0. The van der Waals surface area contributed by atoms with Crippen LogP contribution in [0.3, 0.4) is 0 Å². The molecule has 3 N–H and O–H groups in total. The minimum absolute atomic E-state index is 0.0142. The Labute approximate surface area is 144 Å². The quantitative estimate of drug-likeness (QED) is 0.764. The van der Waals surface area contributed by atoms with Crippen LogP contribution >= 0.6 is 11.3 Å². The Morgan fingerprint density at radius 2 is 2.42 bits per heavy atom. The number of aryl methyl sites for hydroxylation is 1. The Bertz CT molecular complexity index is 910. The van der Waals surface area contributed by atoms with Crippen LogP contribution in [0.5, 0.6) is 0 Å². The number of hydrogen-bond acceptors (Lipinski definition) is 4. The van der Waals surface area contributed by atoms with Gasteiger partial charge < -0.3 is 14.7 Å². The van der Waals surface area contributed by atoms with Gasteiger partial charge in [-0.25, -0.2) is 4.98 Å². The fourth-order valence-corrected chi connectivity index (χ4v) is 4.80. The average molecular weight is 344 g/mol. The first-order chi connectivity index (χ1) is 11.6. The maximum absolute atomic E-state index is 12.6. The van der Waals surface area contributed by atoms with Crippen molar-refractivity contribution in [1.82, 2.24) is 9.97 Å². The number of nitrogens with two attached hydrogens (primary N) is 1. The molecule has 0 saturated carbocycles. The summed E-state index contributed by atoms with van der Waals surface area (Å²) in [5, 5.41) is 2.95. The van der Waals surface area contributed by atoms with Crippen molar-refractivity contribution in [2.45, 2.75) is 45.7 Å². The molecule has 0 unspecified atom stereocenters. The Kier molecular flexibility index (Phi) is 4.02. The molecule has 0 radical (unpaired) electrons. The van der Waals surface area contributed by atoms with Gasteiger partial charge in [0.15, 0.2) is 11.6 Å². The normalized spacial score (nSPS) is 18.7. The lowest BCUT2D eigenvalue weighted by atomic mass is 9.89. The number of thiophene rings is 1. The predicted octanol–water partition coefficient (Wildman–Crippen LogP) is 2.53. The molecule has 0 aromatic carbocycles. The molecule has 126 valence electrons. The molecule has 4 rings (SSSR count). The average Bonchev–Trinajstić information content (AvgIpc) is 3.18. The maximum atomic E-state index is 12.6. The molecule has 0 amide bonds. The molecule has 24 heavy (non-hydrogen) atoms. The Hall–Kier alpha value is -1.92. The number of fused-ring (bicyclic) bond motifs is 3. The summed E-state index contributed by atoms with van der Waals surface area (Å²) in [5.41, 5.74) is 1.25. The monoisotopic (exact) mass is 344 g/mol. The smallest absolute Gasteiger partial charge is 0.260 e. The van der Waals surface area contributed by atoms with Gasteiger partial charge in [-0.05, 0) is 49.8 Å². The maximum Gasteiger partial charge on any atom is 0.260 e. The van der Waals surface area contributed by atoms with Crippen LogP contribution in [0.25, 0.3) is 10.2 Å². The minimum Gasteiger partial charge on any atom is -0.463 e. The summed E-state index contributed by atoms with van der Waals surface area (Å²) < 4.78 is 5.36. The number of quaternary nitrogens is 1. The van der Waals surface area contributed by atoms with Gasteiger partial charge in [0, 0.05) is 4.88 Å². The van der Waals surface area contributed by atoms with E-state index in [4.69, 9.17) is 9.40 Å². The van der Waals surface area contributed by atoms with Crippen LogP contribution in [0.1, 0.15) is 48.3 Å². The first kappa shape index (κ1) is 15.6. The number of hydrogen-bond donors (Lipinski definition) is 2. The number of H-pyrrole nitrogens is 1. The van der Waals surface area contributed by atoms with Crippen LogP contribution in [0.4, 0.5) is 0 Å². The highest BCUT2D eigenvalue weighted by atomic mass is 32.1. The SMILES string of the molecule is C[C@@H]1CCc2c(sc3nc([C@H](C)[NH2+]Cc4ccco4)[nH]c(=O)c23)C1.